The molecule has 3 rings (SSSR count). The lowest BCUT2D eigenvalue weighted by Crippen LogP contribution is -2.08. The molecule has 0 aliphatic heterocycles. The Morgan fingerprint density at radius 2 is 1.93 bits per heavy atom. The van der Waals surface area contributed by atoms with E-state index in [0.29, 0.717) is 9.09 Å². The first-order valence-corrected chi connectivity index (χ1v) is 11.5. The molecule has 3 aromatic rings. The number of thioether (sulfide) groups is 1. The Morgan fingerprint density at radius 1 is 1.19 bits per heavy atom. The molecular weight excluding hydrogens is 396 g/mol. The van der Waals surface area contributed by atoms with Crippen molar-refractivity contribution in [1.29, 1.82) is 5.41 Å². The van der Waals surface area contributed by atoms with Gasteiger partial charge in [-0.05, 0) is 41.1 Å². The van der Waals surface area contributed by atoms with Crippen LogP contribution in [0.5, 0.6) is 0 Å². The van der Waals surface area contributed by atoms with Crippen LogP contribution in [-0.2, 0) is 9.84 Å². The van der Waals surface area contributed by atoms with Gasteiger partial charge >= 0.3 is 0 Å². The summed E-state index contributed by atoms with van der Waals surface area (Å²) < 4.78 is 27.1. The zero-order valence-electron chi connectivity index (χ0n) is 14.6. The first kappa shape index (κ1) is 19.4. The van der Waals surface area contributed by atoms with E-state index in [1.54, 1.807) is 24.3 Å². The minimum absolute atomic E-state index is 0.134. The van der Waals surface area contributed by atoms with Crippen LogP contribution in [0.1, 0.15) is 10.4 Å². The van der Waals surface area contributed by atoms with E-state index in [0.717, 1.165) is 16.7 Å². The molecule has 0 aliphatic rings. The van der Waals surface area contributed by atoms with E-state index in [9.17, 15) is 8.42 Å². The maximum atomic E-state index is 13.2. The molecule has 0 spiro atoms. The third-order valence-electron chi connectivity index (χ3n) is 4.04. The molecule has 0 atom stereocenters. The van der Waals surface area contributed by atoms with Crippen LogP contribution in [0.15, 0.2) is 75.2 Å². The van der Waals surface area contributed by atoms with Crippen molar-refractivity contribution in [3.05, 3.63) is 71.6 Å². The molecule has 138 valence electrons. The largest absolute Gasteiger partial charge is 0.383 e. The summed E-state index contributed by atoms with van der Waals surface area (Å²) in [5.74, 6) is -0.134. The van der Waals surface area contributed by atoms with Crippen LogP contribution in [0, 0.1) is 5.41 Å². The van der Waals surface area contributed by atoms with Gasteiger partial charge in [0.1, 0.15) is 5.84 Å². The predicted molar refractivity (Wildman–Crippen MR) is 115 cm³/mol. The van der Waals surface area contributed by atoms with Gasteiger partial charge in [-0.3, -0.25) is 5.41 Å². The quantitative estimate of drug-likeness (QED) is 0.341. The fourth-order valence-electron chi connectivity index (χ4n) is 2.72. The van der Waals surface area contributed by atoms with Crippen molar-refractivity contribution < 1.29 is 8.42 Å². The number of nitrogen functional groups attached to an aromatic ring is 1. The molecule has 4 nitrogen and oxygen atoms in total. The molecule has 0 saturated heterocycles. The second-order valence-corrected chi connectivity index (χ2v) is 9.75. The van der Waals surface area contributed by atoms with Crippen molar-refractivity contribution in [2.75, 3.05) is 6.26 Å². The molecule has 0 fully saturated rings. The van der Waals surface area contributed by atoms with Gasteiger partial charge < -0.3 is 5.73 Å². The average Bonchev–Trinajstić information content (AvgIpc) is 3.14. The molecule has 1 heterocycles. The van der Waals surface area contributed by atoms with E-state index in [-0.39, 0.29) is 15.6 Å². The molecule has 1 aromatic heterocycles. The third-order valence-corrected chi connectivity index (χ3v) is 8.38. The number of nitrogens with two attached hydrogens (primary N) is 1. The fraction of sp³-hybridized carbons (Fsp3) is 0.0500. The molecule has 0 amide bonds. The zero-order valence-corrected chi connectivity index (χ0v) is 17.0. The number of hydrogen-bond acceptors (Lipinski definition) is 5. The molecule has 0 saturated carbocycles. The summed E-state index contributed by atoms with van der Waals surface area (Å²) in [5.41, 5.74) is 8.21. The lowest BCUT2D eigenvalue weighted by atomic mass is 10.00. The van der Waals surface area contributed by atoms with Crippen molar-refractivity contribution in [3.8, 4) is 11.1 Å². The van der Waals surface area contributed by atoms with Gasteiger partial charge in [0.15, 0.2) is 0 Å². The molecule has 27 heavy (non-hydrogen) atoms. The maximum absolute atomic E-state index is 13.2. The molecular formula is C20H18N2O2S3. The van der Waals surface area contributed by atoms with Crippen molar-refractivity contribution in [2.45, 2.75) is 14.0 Å². The van der Waals surface area contributed by atoms with Crippen molar-refractivity contribution in [3.63, 3.8) is 0 Å². The second-order valence-electron chi connectivity index (χ2n) is 5.70. The highest BCUT2D eigenvalue weighted by Gasteiger charge is 2.25. The normalized spacial score (nSPS) is 11.3. The van der Waals surface area contributed by atoms with E-state index >= 15 is 0 Å². The van der Waals surface area contributed by atoms with Crippen molar-refractivity contribution >= 4 is 44.8 Å². The highest BCUT2D eigenvalue weighted by Crippen LogP contribution is 2.37. The Kier molecular flexibility index (Phi) is 5.55. The minimum Gasteiger partial charge on any atom is -0.383 e. The SMILES string of the molecule is C=Cc1ccccc1-c1cccc(S(=O)(=O)c2cc(C(=N)N)sc2SC)c1. The van der Waals surface area contributed by atoms with Crippen LogP contribution in [0.2, 0.25) is 0 Å². The summed E-state index contributed by atoms with van der Waals surface area (Å²) in [6, 6.07) is 16.1. The first-order valence-electron chi connectivity index (χ1n) is 7.97. The minimum atomic E-state index is -3.73. The lowest BCUT2D eigenvalue weighted by Gasteiger charge is -2.09. The molecule has 3 N–H and O–H groups in total. The Hall–Kier alpha value is -2.35. The van der Waals surface area contributed by atoms with Crippen LogP contribution >= 0.6 is 23.1 Å². The van der Waals surface area contributed by atoms with Gasteiger partial charge in [-0.15, -0.1) is 23.1 Å². The Bertz CT molecular complexity index is 1130. The van der Waals surface area contributed by atoms with Crippen molar-refractivity contribution in [2.24, 2.45) is 5.73 Å². The summed E-state index contributed by atoms with van der Waals surface area (Å²) in [4.78, 5) is 0.854. The van der Waals surface area contributed by atoms with Crippen LogP contribution in [0.4, 0.5) is 0 Å². The summed E-state index contributed by atoms with van der Waals surface area (Å²) in [5, 5.41) is 7.60. The van der Waals surface area contributed by atoms with Gasteiger partial charge in [-0.2, -0.15) is 0 Å². The maximum Gasteiger partial charge on any atom is 0.208 e. The Balaban J connectivity index is 2.14. The number of benzene rings is 2. The van der Waals surface area contributed by atoms with Crippen LogP contribution in [0.25, 0.3) is 17.2 Å². The number of amidine groups is 1. The highest BCUT2D eigenvalue weighted by atomic mass is 32.2. The monoisotopic (exact) mass is 414 g/mol. The number of nitrogens with one attached hydrogen (secondary N) is 1. The highest BCUT2D eigenvalue weighted by molar-refractivity contribution is 8.01. The van der Waals surface area contributed by atoms with E-state index in [1.807, 2.05) is 36.6 Å². The number of hydrogen-bond donors (Lipinski definition) is 2. The summed E-state index contributed by atoms with van der Waals surface area (Å²) in [6.45, 7) is 3.83. The topological polar surface area (TPSA) is 84.0 Å². The number of thiophene rings is 1. The molecule has 0 aliphatic carbocycles. The van der Waals surface area contributed by atoms with Gasteiger partial charge in [0.25, 0.3) is 0 Å². The van der Waals surface area contributed by atoms with Crippen molar-refractivity contribution in [1.82, 2.24) is 0 Å². The summed E-state index contributed by atoms with van der Waals surface area (Å²) in [7, 11) is -3.73. The van der Waals surface area contributed by atoms with E-state index < -0.39 is 9.84 Å². The van der Waals surface area contributed by atoms with Gasteiger partial charge in [-0.1, -0.05) is 49.1 Å². The summed E-state index contributed by atoms with van der Waals surface area (Å²) in [6.07, 6.45) is 3.56. The standard InChI is InChI=1S/C20H18N2O2S3/c1-3-13-7-4-5-10-16(13)14-8-6-9-15(11-14)27(23,24)18-12-17(19(21)22)26-20(18)25-2/h3-12H,1H2,2H3,(H3,21,22). The smallest absolute Gasteiger partial charge is 0.208 e. The number of sulfone groups is 1. The van der Waals surface area contributed by atoms with Gasteiger partial charge in [0, 0.05) is 0 Å². The molecule has 0 radical (unpaired) electrons. The average molecular weight is 415 g/mol. The molecule has 0 unspecified atom stereocenters. The Morgan fingerprint density at radius 3 is 2.59 bits per heavy atom. The van der Waals surface area contributed by atoms with E-state index in [2.05, 4.69) is 6.58 Å². The molecule has 7 heteroatoms. The van der Waals surface area contributed by atoms with Crippen LogP contribution in [0.3, 0.4) is 0 Å². The zero-order chi connectivity index (χ0) is 19.6. The van der Waals surface area contributed by atoms with E-state index in [4.69, 9.17) is 11.1 Å². The Labute approximate surface area is 167 Å². The van der Waals surface area contributed by atoms with Crippen LogP contribution < -0.4 is 5.73 Å². The van der Waals surface area contributed by atoms with Gasteiger partial charge in [0.2, 0.25) is 9.84 Å². The van der Waals surface area contributed by atoms with E-state index in [1.165, 1.54) is 29.2 Å². The van der Waals surface area contributed by atoms with Crippen LogP contribution in [-0.4, -0.2) is 20.5 Å². The van der Waals surface area contributed by atoms with Gasteiger partial charge in [0.05, 0.1) is 18.9 Å². The molecule has 0 bridgehead atoms. The predicted octanol–water partition coefficient (Wildman–Crippen LogP) is 4.90. The summed E-state index contributed by atoms with van der Waals surface area (Å²) >= 11 is 2.55. The third kappa shape index (κ3) is 3.71. The molecule has 2 aromatic carbocycles. The first-order chi connectivity index (χ1) is 12.9. The van der Waals surface area contributed by atoms with Gasteiger partial charge in [-0.25, -0.2) is 8.42 Å². The number of rotatable bonds is 6. The lowest BCUT2D eigenvalue weighted by molar-refractivity contribution is 0.595. The second kappa shape index (κ2) is 7.72. The fourth-order valence-corrected chi connectivity index (χ4v) is 6.62.